The Morgan fingerprint density at radius 3 is 2.60 bits per heavy atom. The van der Waals surface area contributed by atoms with Crippen molar-refractivity contribution in [3.8, 4) is 0 Å². The lowest BCUT2D eigenvalue weighted by molar-refractivity contribution is 0.191. The minimum atomic E-state index is -0.778. The van der Waals surface area contributed by atoms with E-state index in [0.29, 0.717) is 10.8 Å². The normalized spacial score (nSPS) is 12.8. The van der Waals surface area contributed by atoms with Gasteiger partial charge in [-0.1, -0.05) is 29.3 Å². The van der Waals surface area contributed by atoms with E-state index in [1.165, 1.54) is 5.56 Å². The summed E-state index contributed by atoms with van der Waals surface area (Å²) in [5, 5.41) is 12.2. The molecule has 1 unspecified atom stereocenters. The molecule has 2 nitrogen and oxygen atoms in total. The van der Waals surface area contributed by atoms with Gasteiger partial charge in [0.15, 0.2) is 0 Å². The number of aryl methyl sites for hydroxylation is 2. The molecule has 0 aliphatic carbocycles. The number of hydrogen-bond acceptors (Lipinski definition) is 2. The molecule has 0 saturated carbocycles. The molecule has 0 radical (unpaired) electrons. The standard InChI is InChI=1S/C17H15ClO2/c1-10-3-6-15-12(7-10)9-16(20-15)17(19)14-5-4-13(18)8-11(14)2/h3-9,17,19H,1-2H3. The maximum absolute atomic E-state index is 10.5. The summed E-state index contributed by atoms with van der Waals surface area (Å²) in [5.74, 6) is 0.552. The number of benzene rings is 2. The van der Waals surface area contributed by atoms with E-state index in [1.54, 1.807) is 6.07 Å². The second kappa shape index (κ2) is 4.97. The highest BCUT2D eigenvalue weighted by Gasteiger charge is 2.17. The molecule has 3 aromatic rings. The largest absolute Gasteiger partial charge is 0.458 e. The van der Waals surface area contributed by atoms with Crippen molar-refractivity contribution in [2.45, 2.75) is 20.0 Å². The number of rotatable bonds is 2. The molecule has 1 atom stereocenters. The first-order valence-electron chi connectivity index (χ1n) is 6.49. The number of fused-ring (bicyclic) bond motifs is 1. The van der Waals surface area contributed by atoms with Gasteiger partial charge >= 0.3 is 0 Å². The summed E-state index contributed by atoms with van der Waals surface area (Å²) in [5.41, 5.74) is 3.71. The fraction of sp³-hybridized carbons (Fsp3) is 0.176. The Balaban J connectivity index is 2.05. The topological polar surface area (TPSA) is 33.4 Å². The van der Waals surface area contributed by atoms with E-state index < -0.39 is 6.10 Å². The molecular formula is C17H15ClO2. The quantitative estimate of drug-likeness (QED) is 0.735. The molecule has 0 spiro atoms. The van der Waals surface area contributed by atoms with E-state index in [0.717, 1.165) is 22.1 Å². The van der Waals surface area contributed by atoms with Crippen LogP contribution in [0.2, 0.25) is 5.02 Å². The van der Waals surface area contributed by atoms with Crippen LogP contribution in [0.4, 0.5) is 0 Å². The van der Waals surface area contributed by atoms with E-state index in [-0.39, 0.29) is 0 Å². The number of aliphatic hydroxyl groups excluding tert-OH is 1. The molecule has 1 heterocycles. The van der Waals surface area contributed by atoms with Crippen LogP contribution in [0.3, 0.4) is 0 Å². The highest BCUT2D eigenvalue weighted by Crippen LogP contribution is 2.31. The molecular weight excluding hydrogens is 272 g/mol. The zero-order valence-electron chi connectivity index (χ0n) is 11.4. The first-order chi connectivity index (χ1) is 9.54. The van der Waals surface area contributed by atoms with Crippen LogP contribution in [0.15, 0.2) is 46.9 Å². The smallest absolute Gasteiger partial charge is 0.138 e. The van der Waals surface area contributed by atoms with Gasteiger partial charge in [-0.3, -0.25) is 0 Å². The van der Waals surface area contributed by atoms with E-state index in [9.17, 15) is 5.11 Å². The predicted molar refractivity (Wildman–Crippen MR) is 81.2 cm³/mol. The Morgan fingerprint density at radius 2 is 1.85 bits per heavy atom. The number of furan rings is 1. The van der Waals surface area contributed by atoms with Crippen LogP contribution in [0.5, 0.6) is 0 Å². The summed E-state index contributed by atoms with van der Waals surface area (Å²) in [6.45, 7) is 3.96. The van der Waals surface area contributed by atoms with Crippen molar-refractivity contribution in [1.29, 1.82) is 0 Å². The van der Waals surface area contributed by atoms with Crippen molar-refractivity contribution in [2.75, 3.05) is 0 Å². The van der Waals surface area contributed by atoms with Crippen LogP contribution in [0.1, 0.15) is 28.6 Å². The van der Waals surface area contributed by atoms with Gasteiger partial charge in [0.25, 0.3) is 0 Å². The van der Waals surface area contributed by atoms with Gasteiger partial charge in [-0.2, -0.15) is 0 Å². The molecule has 1 aromatic heterocycles. The summed E-state index contributed by atoms with van der Waals surface area (Å²) in [4.78, 5) is 0. The predicted octanol–water partition coefficient (Wildman–Crippen LogP) is 4.78. The maximum Gasteiger partial charge on any atom is 0.138 e. The molecule has 0 bridgehead atoms. The minimum absolute atomic E-state index is 0.552. The fourth-order valence-electron chi connectivity index (χ4n) is 2.42. The van der Waals surface area contributed by atoms with Gasteiger partial charge in [-0.25, -0.2) is 0 Å². The summed E-state index contributed by atoms with van der Waals surface area (Å²) in [6, 6.07) is 13.3. The van der Waals surface area contributed by atoms with Crippen LogP contribution in [0.25, 0.3) is 11.0 Å². The lowest BCUT2D eigenvalue weighted by Crippen LogP contribution is -2.00. The summed E-state index contributed by atoms with van der Waals surface area (Å²) < 4.78 is 5.74. The Hall–Kier alpha value is -1.77. The first-order valence-corrected chi connectivity index (χ1v) is 6.86. The van der Waals surface area contributed by atoms with Gasteiger partial charge in [-0.05, 0) is 55.3 Å². The third-order valence-electron chi connectivity index (χ3n) is 3.49. The summed E-state index contributed by atoms with van der Waals surface area (Å²) in [6.07, 6.45) is -0.778. The lowest BCUT2D eigenvalue weighted by atomic mass is 10.0. The number of halogens is 1. The highest BCUT2D eigenvalue weighted by atomic mass is 35.5. The minimum Gasteiger partial charge on any atom is -0.458 e. The second-order valence-electron chi connectivity index (χ2n) is 5.09. The van der Waals surface area contributed by atoms with E-state index in [4.69, 9.17) is 16.0 Å². The molecule has 20 heavy (non-hydrogen) atoms. The van der Waals surface area contributed by atoms with Crippen molar-refractivity contribution in [1.82, 2.24) is 0 Å². The number of aliphatic hydroxyl groups is 1. The van der Waals surface area contributed by atoms with E-state index in [2.05, 4.69) is 0 Å². The molecule has 102 valence electrons. The Bertz CT molecular complexity index is 774. The average molecular weight is 287 g/mol. The van der Waals surface area contributed by atoms with Crippen molar-refractivity contribution in [3.63, 3.8) is 0 Å². The molecule has 1 N–H and O–H groups in total. The summed E-state index contributed by atoms with van der Waals surface area (Å²) >= 11 is 5.94. The van der Waals surface area contributed by atoms with Crippen molar-refractivity contribution < 1.29 is 9.52 Å². The van der Waals surface area contributed by atoms with Crippen molar-refractivity contribution in [2.24, 2.45) is 0 Å². The van der Waals surface area contributed by atoms with Gasteiger partial charge in [-0.15, -0.1) is 0 Å². The maximum atomic E-state index is 10.5. The molecule has 0 fully saturated rings. The third kappa shape index (κ3) is 2.33. The van der Waals surface area contributed by atoms with Gasteiger partial charge in [0.1, 0.15) is 17.4 Å². The number of hydrogen-bond donors (Lipinski definition) is 1. The van der Waals surface area contributed by atoms with E-state index >= 15 is 0 Å². The van der Waals surface area contributed by atoms with Gasteiger partial charge in [0, 0.05) is 10.4 Å². The van der Waals surface area contributed by atoms with Crippen LogP contribution in [-0.4, -0.2) is 5.11 Å². The van der Waals surface area contributed by atoms with Crippen LogP contribution >= 0.6 is 11.6 Å². The Morgan fingerprint density at radius 1 is 1.05 bits per heavy atom. The SMILES string of the molecule is Cc1ccc2oc(C(O)c3ccc(Cl)cc3C)cc2c1. The monoisotopic (exact) mass is 286 g/mol. The Kier molecular flexibility index (Phi) is 3.28. The first kappa shape index (κ1) is 13.2. The zero-order chi connectivity index (χ0) is 14.3. The molecule has 3 heteroatoms. The average Bonchev–Trinajstić information content (AvgIpc) is 2.81. The molecule has 0 saturated heterocycles. The van der Waals surface area contributed by atoms with Crippen molar-refractivity contribution >= 4 is 22.6 Å². The second-order valence-corrected chi connectivity index (χ2v) is 5.53. The Labute approximate surface area is 122 Å². The summed E-state index contributed by atoms with van der Waals surface area (Å²) in [7, 11) is 0. The molecule has 0 aliphatic heterocycles. The van der Waals surface area contributed by atoms with Crippen LogP contribution in [-0.2, 0) is 0 Å². The van der Waals surface area contributed by atoms with Gasteiger partial charge in [0.05, 0.1) is 0 Å². The molecule has 0 amide bonds. The zero-order valence-corrected chi connectivity index (χ0v) is 12.1. The third-order valence-corrected chi connectivity index (χ3v) is 3.72. The van der Waals surface area contributed by atoms with Crippen LogP contribution < -0.4 is 0 Å². The fourth-order valence-corrected chi connectivity index (χ4v) is 2.64. The molecule has 2 aromatic carbocycles. The van der Waals surface area contributed by atoms with Crippen LogP contribution in [0, 0.1) is 13.8 Å². The molecule has 0 aliphatic rings. The lowest BCUT2D eigenvalue weighted by Gasteiger charge is -2.11. The van der Waals surface area contributed by atoms with Gasteiger partial charge < -0.3 is 9.52 Å². The molecule has 3 rings (SSSR count). The highest BCUT2D eigenvalue weighted by molar-refractivity contribution is 6.30. The van der Waals surface area contributed by atoms with Crippen molar-refractivity contribution in [3.05, 3.63) is 69.9 Å². The van der Waals surface area contributed by atoms with E-state index in [1.807, 2.05) is 50.2 Å². The van der Waals surface area contributed by atoms with Gasteiger partial charge in [0.2, 0.25) is 0 Å².